The molecular weight excluding hydrogens is 328 g/mol. The van der Waals surface area contributed by atoms with E-state index in [1.807, 2.05) is 5.32 Å². The fourth-order valence-corrected chi connectivity index (χ4v) is 1.98. The maximum absolute atomic E-state index is 11.7. The molecule has 0 saturated heterocycles. The first kappa shape index (κ1) is 18.5. The zero-order valence-electron chi connectivity index (χ0n) is 12.5. The van der Waals surface area contributed by atoms with Gasteiger partial charge in [-0.2, -0.15) is 0 Å². The number of hydrogen-bond donors (Lipinski definition) is 3. The van der Waals surface area contributed by atoms with Gasteiger partial charge in [-0.25, -0.2) is 14.6 Å². The van der Waals surface area contributed by atoms with E-state index in [1.54, 1.807) is 0 Å². The first-order valence-corrected chi connectivity index (χ1v) is 7.27. The zero-order valence-corrected chi connectivity index (χ0v) is 13.3. The molecule has 4 amide bonds. The summed E-state index contributed by atoms with van der Waals surface area (Å²) in [6.45, 7) is 1.21. The van der Waals surface area contributed by atoms with Gasteiger partial charge in [0.05, 0.1) is 6.61 Å². The monoisotopic (exact) mass is 344 g/mol. The van der Waals surface area contributed by atoms with E-state index in [1.165, 1.54) is 19.4 Å². The molecule has 0 radical (unpaired) electrons. The van der Waals surface area contributed by atoms with Crippen LogP contribution in [0.15, 0.2) is 5.38 Å². The standard InChI is InChI=1S/C12H16N4O6S/c1-7(17)14-12-15-8(6-23-12)10(19)22-5-9(18)16-11(20)13-3-4-21-2/h6H,3-5H2,1-2H3,(H,14,15,17)(H2,13,16,18,20). The Labute approximate surface area is 135 Å². The summed E-state index contributed by atoms with van der Waals surface area (Å²) in [5, 5.41) is 8.38. The van der Waals surface area contributed by atoms with Crippen LogP contribution in [-0.2, 0) is 19.1 Å². The smallest absolute Gasteiger partial charge is 0.358 e. The van der Waals surface area contributed by atoms with Gasteiger partial charge in [0, 0.05) is 26.0 Å². The number of nitrogens with zero attached hydrogens (tertiary/aromatic N) is 1. The van der Waals surface area contributed by atoms with E-state index in [4.69, 9.17) is 9.47 Å². The highest BCUT2D eigenvalue weighted by molar-refractivity contribution is 7.14. The Balaban J connectivity index is 2.34. The zero-order chi connectivity index (χ0) is 17.2. The molecule has 0 aromatic carbocycles. The van der Waals surface area contributed by atoms with Crippen molar-refractivity contribution in [2.45, 2.75) is 6.92 Å². The van der Waals surface area contributed by atoms with Gasteiger partial charge in [-0.15, -0.1) is 11.3 Å². The van der Waals surface area contributed by atoms with Crippen LogP contribution in [0.2, 0.25) is 0 Å². The molecule has 11 heteroatoms. The summed E-state index contributed by atoms with van der Waals surface area (Å²) in [6, 6.07) is -0.718. The number of esters is 1. The summed E-state index contributed by atoms with van der Waals surface area (Å²) >= 11 is 1.04. The number of hydrogen-bond acceptors (Lipinski definition) is 8. The Hall–Kier alpha value is -2.53. The third-order valence-electron chi connectivity index (χ3n) is 2.18. The van der Waals surface area contributed by atoms with Crippen molar-refractivity contribution < 1.29 is 28.7 Å². The van der Waals surface area contributed by atoms with E-state index in [0.717, 1.165) is 11.3 Å². The highest BCUT2D eigenvalue weighted by atomic mass is 32.1. The van der Waals surface area contributed by atoms with Crippen molar-refractivity contribution in [2.75, 3.05) is 32.2 Å². The summed E-state index contributed by atoms with van der Waals surface area (Å²) in [6.07, 6.45) is 0. The van der Waals surface area contributed by atoms with Gasteiger partial charge in [0.1, 0.15) is 0 Å². The number of aromatic nitrogens is 1. The lowest BCUT2D eigenvalue weighted by atomic mass is 10.5. The first-order valence-electron chi connectivity index (χ1n) is 6.39. The van der Waals surface area contributed by atoms with Crippen molar-refractivity contribution in [3.8, 4) is 0 Å². The van der Waals surface area contributed by atoms with Gasteiger partial charge < -0.3 is 20.1 Å². The second kappa shape index (κ2) is 9.48. The van der Waals surface area contributed by atoms with Crippen LogP contribution in [-0.4, -0.2) is 55.7 Å². The predicted octanol–water partition coefficient (Wildman–Crippen LogP) is -0.270. The van der Waals surface area contributed by atoms with Gasteiger partial charge in [-0.05, 0) is 0 Å². The number of anilines is 1. The third-order valence-corrected chi connectivity index (χ3v) is 2.93. The molecule has 3 N–H and O–H groups in total. The normalized spacial score (nSPS) is 9.83. The van der Waals surface area contributed by atoms with E-state index in [-0.39, 0.29) is 23.3 Å². The fourth-order valence-electron chi connectivity index (χ4n) is 1.25. The quantitative estimate of drug-likeness (QED) is 0.457. The lowest BCUT2D eigenvalue weighted by Crippen LogP contribution is -2.42. The largest absolute Gasteiger partial charge is 0.451 e. The van der Waals surface area contributed by atoms with Gasteiger partial charge in [-0.3, -0.25) is 14.9 Å². The highest BCUT2D eigenvalue weighted by Crippen LogP contribution is 2.15. The number of carbonyl (C=O) groups excluding carboxylic acids is 4. The molecule has 1 heterocycles. The molecule has 0 aliphatic rings. The average Bonchev–Trinajstić information content (AvgIpc) is 2.92. The van der Waals surface area contributed by atoms with E-state index >= 15 is 0 Å². The van der Waals surface area contributed by atoms with Crippen molar-refractivity contribution in [1.29, 1.82) is 0 Å². The molecule has 10 nitrogen and oxygen atoms in total. The number of nitrogens with one attached hydrogen (secondary N) is 3. The number of ether oxygens (including phenoxy) is 2. The molecule has 0 atom stereocenters. The molecule has 23 heavy (non-hydrogen) atoms. The predicted molar refractivity (Wildman–Crippen MR) is 80.1 cm³/mol. The van der Waals surface area contributed by atoms with Crippen molar-refractivity contribution in [3.05, 3.63) is 11.1 Å². The van der Waals surface area contributed by atoms with E-state index in [9.17, 15) is 19.2 Å². The van der Waals surface area contributed by atoms with Crippen LogP contribution in [0.5, 0.6) is 0 Å². The molecule has 0 aliphatic heterocycles. The number of imide groups is 1. The molecule has 126 valence electrons. The summed E-state index contributed by atoms with van der Waals surface area (Å²) in [5.41, 5.74) is -0.0453. The Morgan fingerprint density at radius 1 is 1.30 bits per heavy atom. The summed E-state index contributed by atoms with van der Waals surface area (Å²) in [7, 11) is 1.47. The van der Waals surface area contributed by atoms with Crippen LogP contribution < -0.4 is 16.0 Å². The number of thiazole rings is 1. The summed E-state index contributed by atoms with van der Waals surface area (Å²) in [4.78, 5) is 49.0. The Morgan fingerprint density at radius 2 is 2.04 bits per heavy atom. The average molecular weight is 344 g/mol. The van der Waals surface area contributed by atoms with Crippen LogP contribution >= 0.6 is 11.3 Å². The molecule has 1 aromatic rings. The Kier molecular flexibility index (Phi) is 7.63. The summed E-state index contributed by atoms with van der Waals surface area (Å²) in [5.74, 6) is -1.95. The van der Waals surface area contributed by atoms with E-state index in [2.05, 4.69) is 15.6 Å². The molecule has 1 rings (SSSR count). The summed E-state index contributed by atoms with van der Waals surface area (Å²) < 4.78 is 9.43. The van der Waals surface area contributed by atoms with Gasteiger partial charge in [0.2, 0.25) is 5.91 Å². The highest BCUT2D eigenvalue weighted by Gasteiger charge is 2.15. The lowest BCUT2D eigenvalue weighted by Gasteiger charge is -2.06. The minimum absolute atomic E-state index is 0.0453. The first-order chi connectivity index (χ1) is 10.9. The molecule has 0 fully saturated rings. The Morgan fingerprint density at radius 3 is 2.70 bits per heavy atom. The van der Waals surface area contributed by atoms with Crippen molar-refractivity contribution in [1.82, 2.24) is 15.6 Å². The maximum Gasteiger partial charge on any atom is 0.358 e. The topological polar surface area (TPSA) is 136 Å². The van der Waals surface area contributed by atoms with Gasteiger partial charge in [0.15, 0.2) is 17.4 Å². The molecular formula is C12H16N4O6S. The molecule has 0 unspecified atom stereocenters. The minimum atomic E-state index is -0.840. The molecule has 0 aliphatic carbocycles. The second-order valence-corrected chi connectivity index (χ2v) is 4.95. The molecule has 0 saturated carbocycles. The number of rotatable bonds is 7. The second-order valence-electron chi connectivity index (χ2n) is 4.09. The van der Waals surface area contributed by atoms with Crippen LogP contribution in [0.1, 0.15) is 17.4 Å². The van der Waals surface area contributed by atoms with Crippen LogP contribution in [0.3, 0.4) is 0 Å². The maximum atomic E-state index is 11.7. The van der Waals surface area contributed by atoms with Crippen molar-refractivity contribution in [2.24, 2.45) is 0 Å². The van der Waals surface area contributed by atoms with Crippen molar-refractivity contribution >= 4 is 40.3 Å². The Bertz CT molecular complexity index is 588. The van der Waals surface area contributed by atoms with E-state index in [0.29, 0.717) is 6.61 Å². The molecule has 0 spiro atoms. The molecule has 1 aromatic heterocycles. The minimum Gasteiger partial charge on any atom is -0.451 e. The van der Waals surface area contributed by atoms with Crippen LogP contribution in [0.25, 0.3) is 0 Å². The third kappa shape index (κ3) is 7.33. The lowest BCUT2D eigenvalue weighted by molar-refractivity contribution is -0.123. The number of methoxy groups -OCH3 is 1. The van der Waals surface area contributed by atoms with E-state index < -0.39 is 24.5 Å². The van der Waals surface area contributed by atoms with Crippen molar-refractivity contribution in [3.63, 3.8) is 0 Å². The van der Waals surface area contributed by atoms with Crippen LogP contribution in [0.4, 0.5) is 9.93 Å². The van der Waals surface area contributed by atoms with Gasteiger partial charge in [0.25, 0.3) is 5.91 Å². The van der Waals surface area contributed by atoms with Gasteiger partial charge >= 0.3 is 12.0 Å². The fraction of sp³-hybridized carbons (Fsp3) is 0.417. The number of amides is 4. The SMILES string of the molecule is COCCNC(=O)NC(=O)COC(=O)c1csc(NC(C)=O)n1. The number of carbonyl (C=O) groups is 4. The van der Waals surface area contributed by atoms with Crippen LogP contribution in [0, 0.1) is 0 Å². The number of urea groups is 1. The van der Waals surface area contributed by atoms with Gasteiger partial charge in [-0.1, -0.05) is 0 Å². The molecule has 0 bridgehead atoms.